The highest BCUT2D eigenvalue weighted by atomic mass is 32.1. The van der Waals surface area contributed by atoms with Crippen LogP contribution in [0.5, 0.6) is 0 Å². The largest absolute Gasteiger partial charge is 0.299 e. The molecule has 0 aromatic carbocycles. The first-order valence-corrected chi connectivity index (χ1v) is 4.91. The van der Waals surface area contributed by atoms with Crippen molar-refractivity contribution in [3.63, 3.8) is 0 Å². The van der Waals surface area contributed by atoms with Gasteiger partial charge in [0.2, 0.25) is 0 Å². The van der Waals surface area contributed by atoms with Crippen LogP contribution >= 0.6 is 11.3 Å². The second-order valence-electron chi connectivity index (χ2n) is 2.67. The lowest BCUT2D eigenvalue weighted by Crippen LogP contribution is -2.00. The maximum Gasteiger partial charge on any atom is 0.137 e. The van der Waals surface area contributed by atoms with Crippen LogP contribution in [0.25, 0.3) is 0 Å². The molecule has 0 bridgehead atoms. The monoisotopic (exact) mass is 180 g/mol. The number of allylic oxidation sites excluding steroid dienone is 1. The molecule has 2 heteroatoms. The van der Waals surface area contributed by atoms with Crippen molar-refractivity contribution in [2.75, 3.05) is 0 Å². The van der Waals surface area contributed by atoms with Crippen LogP contribution in [-0.2, 0) is 11.2 Å². The molecule has 0 saturated heterocycles. The zero-order valence-electron chi connectivity index (χ0n) is 6.95. The molecule has 0 fully saturated rings. The molecule has 64 valence electrons. The van der Waals surface area contributed by atoms with Crippen LogP contribution in [0.3, 0.4) is 0 Å². The number of carbonyl (C=O) groups excluding carboxylic acids is 1. The predicted octanol–water partition coefficient (Wildman–Crippen LogP) is 2.83. The zero-order valence-corrected chi connectivity index (χ0v) is 7.77. The first kappa shape index (κ1) is 9.20. The molecule has 1 heterocycles. The van der Waals surface area contributed by atoms with Gasteiger partial charge in [-0.25, -0.2) is 0 Å². The lowest BCUT2D eigenvalue weighted by Gasteiger charge is -1.94. The van der Waals surface area contributed by atoms with Crippen LogP contribution in [0.2, 0.25) is 0 Å². The third kappa shape index (κ3) is 3.01. The molecule has 0 saturated carbocycles. The molecular weight excluding hydrogens is 168 g/mol. The molecule has 0 amide bonds. The molecule has 1 aromatic rings. The smallest absolute Gasteiger partial charge is 0.137 e. The SMILES string of the molecule is C=CCCC(=O)Cc1ccsc1. The van der Waals surface area contributed by atoms with Crippen LogP contribution in [0.4, 0.5) is 0 Å². The van der Waals surface area contributed by atoms with Crippen molar-refractivity contribution < 1.29 is 4.79 Å². The van der Waals surface area contributed by atoms with Crippen molar-refractivity contribution in [2.45, 2.75) is 19.3 Å². The Morgan fingerprint density at radius 2 is 2.50 bits per heavy atom. The van der Waals surface area contributed by atoms with E-state index in [0.29, 0.717) is 18.6 Å². The molecule has 0 N–H and O–H groups in total. The van der Waals surface area contributed by atoms with E-state index < -0.39 is 0 Å². The van der Waals surface area contributed by atoms with Crippen LogP contribution in [0, 0.1) is 0 Å². The summed E-state index contributed by atoms with van der Waals surface area (Å²) in [5.41, 5.74) is 1.13. The summed E-state index contributed by atoms with van der Waals surface area (Å²) in [6.45, 7) is 3.58. The van der Waals surface area contributed by atoms with Gasteiger partial charge in [0, 0.05) is 12.8 Å². The topological polar surface area (TPSA) is 17.1 Å². The molecular formula is C10H12OS. The Balaban J connectivity index is 2.32. The van der Waals surface area contributed by atoms with Gasteiger partial charge in [0.1, 0.15) is 5.78 Å². The minimum absolute atomic E-state index is 0.299. The summed E-state index contributed by atoms with van der Waals surface area (Å²) >= 11 is 1.63. The van der Waals surface area contributed by atoms with Gasteiger partial charge < -0.3 is 0 Å². The van der Waals surface area contributed by atoms with Gasteiger partial charge in [-0.2, -0.15) is 11.3 Å². The van der Waals surface area contributed by atoms with Gasteiger partial charge in [-0.15, -0.1) is 6.58 Å². The first-order valence-electron chi connectivity index (χ1n) is 3.96. The average molecular weight is 180 g/mol. The van der Waals surface area contributed by atoms with Gasteiger partial charge in [0.25, 0.3) is 0 Å². The third-order valence-corrected chi connectivity index (χ3v) is 2.34. The Bertz CT molecular complexity index is 249. The maximum atomic E-state index is 11.2. The van der Waals surface area contributed by atoms with Crippen LogP contribution in [0.15, 0.2) is 29.5 Å². The van der Waals surface area contributed by atoms with Crippen molar-refractivity contribution in [2.24, 2.45) is 0 Å². The quantitative estimate of drug-likeness (QED) is 0.637. The Morgan fingerprint density at radius 1 is 1.67 bits per heavy atom. The molecule has 1 rings (SSSR count). The summed E-state index contributed by atoms with van der Waals surface area (Å²) in [6, 6.07) is 2.00. The predicted molar refractivity (Wildman–Crippen MR) is 52.5 cm³/mol. The van der Waals surface area contributed by atoms with Crippen molar-refractivity contribution in [3.8, 4) is 0 Å². The van der Waals surface area contributed by atoms with Crippen molar-refractivity contribution >= 4 is 17.1 Å². The number of carbonyl (C=O) groups is 1. The summed E-state index contributed by atoms with van der Waals surface area (Å²) in [5, 5.41) is 4.02. The summed E-state index contributed by atoms with van der Waals surface area (Å²) in [7, 11) is 0. The second kappa shape index (κ2) is 4.88. The highest BCUT2D eigenvalue weighted by Crippen LogP contribution is 2.08. The lowest BCUT2D eigenvalue weighted by molar-refractivity contribution is -0.118. The molecule has 0 aliphatic heterocycles. The van der Waals surface area contributed by atoms with Crippen LogP contribution < -0.4 is 0 Å². The zero-order chi connectivity index (χ0) is 8.81. The average Bonchev–Trinajstić information content (AvgIpc) is 2.53. The molecule has 0 radical (unpaired) electrons. The molecule has 1 aromatic heterocycles. The van der Waals surface area contributed by atoms with Crippen molar-refractivity contribution in [3.05, 3.63) is 35.0 Å². The number of ketones is 1. The van der Waals surface area contributed by atoms with E-state index in [-0.39, 0.29) is 0 Å². The van der Waals surface area contributed by atoms with Gasteiger partial charge in [0.15, 0.2) is 0 Å². The number of hydrogen-bond acceptors (Lipinski definition) is 2. The Hall–Kier alpha value is -0.890. The van der Waals surface area contributed by atoms with Crippen molar-refractivity contribution in [1.82, 2.24) is 0 Å². The second-order valence-corrected chi connectivity index (χ2v) is 3.45. The number of rotatable bonds is 5. The van der Waals surface area contributed by atoms with E-state index in [0.717, 1.165) is 12.0 Å². The molecule has 0 aliphatic rings. The molecule has 1 nitrogen and oxygen atoms in total. The fourth-order valence-corrected chi connectivity index (χ4v) is 1.64. The van der Waals surface area contributed by atoms with Gasteiger partial charge in [-0.3, -0.25) is 4.79 Å². The number of hydrogen-bond donors (Lipinski definition) is 0. The van der Waals surface area contributed by atoms with Crippen LogP contribution in [0.1, 0.15) is 18.4 Å². The Labute approximate surface area is 76.7 Å². The van der Waals surface area contributed by atoms with Crippen molar-refractivity contribution in [1.29, 1.82) is 0 Å². The fourth-order valence-electron chi connectivity index (χ4n) is 0.972. The Kier molecular flexibility index (Phi) is 3.74. The highest BCUT2D eigenvalue weighted by molar-refractivity contribution is 7.07. The van der Waals surface area contributed by atoms with E-state index >= 15 is 0 Å². The summed E-state index contributed by atoms with van der Waals surface area (Å²) in [6.07, 6.45) is 3.78. The lowest BCUT2D eigenvalue weighted by atomic mass is 10.1. The summed E-state index contributed by atoms with van der Waals surface area (Å²) in [4.78, 5) is 11.2. The maximum absolute atomic E-state index is 11.2. The highest BCUT2D eigenvalue weighted by Gasteiger charge is 2.01. The molecule has 12 heavy (non-hydrogen) atoms. The van der Waals surface area contributed by atoms with Gasteiger partial charge in [0.05, 0.1) is 0 Å². The fraction of sp³-hybridized carbons (Fsp3) is 0.300. The number of Topliss-reactive ketones (excluding diaryl/α,β-unsaturated/α-hetero) is 1. The van der Waals surface area contributed by atoms with E-state index in [2.05, 4.69) is 6.58 Å². The normalized spacial score (nSPS) is 9.67. The summed E-state index contributed by atoms with van der Waals surface area (Å²) in [5.74, 6) is 0.299. The molecule has 0 spiro atoms. The standard InChI is InChI=1S/C10H12OS/c1-2-3-4-10(11)7-9-5-6-12-8-9/h2,5-6,8H,1,3-4,7H2. The van der Waals surface area contributed by atoms with Gasteiger partial charge in [-0.05, 0) is 28.8 Å². The third-order valence-electron chi connectivity index (χ3n) is 1.61. The summed E-state index contributed by atoms with van der Waals surface area (Å²) < 4.78 is 0. The minimum Gasteiger partial charge on any atom is -0.299 e. The van der Waals surface area contributed by atoms with E-state index in [4.69, 9.17) is 0 Å². The first-order chi connectivity index (χ1) is 5.83. The minimum atomic E-state index is 0.299. The number of thiophene rings is 1. The van der Waals surface area contributed by atoms with Gasteiger partial charge in [-0.1, -0.05) is 6.08 Å². The van der Waals surface area contributed by atoms with E-state index in [1.807, 2.05) is 16.8 Å². The van der Waals surface area contributed by atoms with Crippen LogP contribution in [-0.4, -0.2) is 5.78 Å². The molecule has 0 aliphatic carbocycles. The van der Waals surface area contributed by atoms with E-state index in [9.17, 15) is 4.79 Å². The Morgan fingerprint density at radius 3 is 3.08 bits per heavy atom. The van der Waals surface area contributed by atoms with E-state index in [1.54, 1.807) is 17.4 Å². The molecule has 0 unspecified atom stereocenters. The molecule has 0 atom stereocenters. The van der Waals surface area contributed by atoms with Gasteiger partial charge >= 0.3 is 0 Å². The van der Waals surface area contributed by atoms with E-state index in [1.165, 1.54) is 0 Å².